The van der Waals surface area contributed by atoms with Gasteiger partial charge in [-0.15, -0.1) is 0 Å². The highest BCUT2D eigenvalue weighted by Gasteiger charge is 2.37. The van der Waals surface area contributed by atoms with Gasteiger partial charge in [0.05, 0.1) is 12.2 Å². The van der Waals surface area contributed by atoms with Crippen LogP contribution in [-0.4, -0.2) is 33.6 Å². The molecule has 0 aromatic carbocycles. The van der Waals surface area contributed by atoms with Crippen LogP contribution >= 0.6 is 0 Å². The number of aliphatic hydroxyl groups is 3. The second kappa shape index (κ2) is 15.9. The standard InChI is InChI=1S/C40H52O3/c1-28(17-13-19-30(3)21-23-35-32(5)25-34(41)26-39(35,7)8)15-11-12-16-29(2)18-14-20-31(4)22-24-36-33(6)38(43)37(42)27-40(36,9)10/h11-20,34,37-38,41-43H,25-27H2,1-10H3. The fraction of sp³-hybridized carbons (Fsp3) is 0.450. The van der Waals surface area contributed by atoms with E-state index in [0.717, 1.165) is 45.4 Å². The largest absolute Gasteiger partial charge is 0.393 e. The first-order valence-corrected chi connectivity index (χ1v) is 15.2. The molecule has 0 amide bonds. The lowest BCUT2D eigenvalue weighted by molar-refractivity contribution is 0.00721. The van der Waals surface area contributed by atoms with E-state index in [1.807, 2.05) is 63.3 Å². The minimum absolute atomic E-state index is 0.0919. The molecule has 0 heterocycles. The lowest BCUT2D eigenvalue weighted by Crippen LogP contribution is -2.39. The molecule has 0 saturated heterocycles. The maximum absolute atomic E-state index is 10.2. The smallest absolute Gasteiger partial charge is 0.102 e. The van der Waals surface area contributed by atoms with Gasteiger partial charge in [0.1, 0.15) is 6.10 Å². The number of aliphatic hydroxyl groups excluding tert-OH is 3. The molecule has 0 aromatic heterocycles. The number of hydrogen-bond donors (Lipinski definition) is 3. The molecular formula is C40H52O3. The van der Waals surface area contributed by atoms with Gasteiger partial charge in [-0.25, -0.2) is 0 Å². The molecule has 3 unspecified atom stereocenters. The normalized spacial score (nSPS) is 25.4. The van der Waals surface area contributed by atoms with Crippen molar-refractivity contribution in [1.29, 1.82) is 0 Å². The molecule has 2 aliphatic carbocycles. The molecule has 230 valence electrons. The van der Waals surface area contributed by atoms with Gasteiger partial charge in [-0.2, -0.15) is 0 Å². The van der Waals surface area contributed by atoms with E-state index in [-0.39, 0.29) is 16.9 Å². The van der Waals surface area contributed by atoms with Crippen LogP contribution in [0.3, 0.4) is 0 Å². The van der Waals surface area contributed by atoms with Gasteiger partial charge < -0.3 is 15.3 Å². The maximum Gasteiger partial charge on any atom is 0.102 e. The Morgan fingerprint density at radius 1 is 0.674 bits per heavy atom. The molecule has 2 aliphatic rings. The van der Waals surface area contributed by atoms with E-state index in [1.165, 1.54) is 5.57 Å². The highest BCUT2D eigenvalue weighted by atomic mass is 16.3. The van der Waals surface area contributed by atoms with Crippen molar-refractivity contribution in [3.63, 3.8) is 0 Å². The van der Waals surface area contributed by atoms with E-state index in [9.17, 15) is 15.3 Å². The molecule has 3 N–H and O–H groups in total. The zero-order valence-corrected chi connectivity index (χ0v) is 28.0. The van der Waals surface area contributed by atoms with Crippen LogP contribution in [0.4, 0.5) is 0 Å². The summed E-state index contributed by atoms with van der Waals surface area (Å²) in [6, 6.07) is 0. The Morgan fingerprint density at radius 3 is 1.63 bits per heavy atom. The molecule has 3 heteroatoms. The van der Waals surface area contributed by atoms with Crippen molar-refractivity contribution in [2.45, 2.75) is 107 Å². The van der Waals surface area contributed by atoms with Gasteiger partial charge in [0.25, 0.3) is 0 Å². The van der Waals surface area contributed by atoms with E-state index in [2.05, 4.69) is 90.4 Å². The average molecular weight is 581 g/mol. The first-order valence-electron chi connectivity index (χ1n) is 15.2. The predicted molar refractivity (Wildman–Crippen MR) is 183 cm³/mol. The molecule has 0 aromatic rings. The third-order valence-electron chi connectivity index (χ3n) is 8.00. The lowest BCUT2D eigenvalue weighted by atomic mass is 9.71. The van der Waals surface area contributed by atoms with Crippen molar-refractivity contribution in [2.24, 2.45) is 10.8 Å². The van der Waals surface area contributed by atoms with E-state index < -0.39 is 12.2 Å². The van der Waals surface area contributed by atoms with Gasteiger partial charge in [-0.3, -0.25) is 0 Å². The van der Waals surface area contributed by atoms with Crippen molar-refractivity contribution in [2.75, 3.05) is 0 Å². The molecule has 43 heavy (non-hydrogen) atoms. The minimum Gasteiger partial charge on any atom is -0.393 e. The van der Waals surface area contributed by atoms with Crippen LogP contribution < -0.4 is 0 Å². The van der Waals surface area contributed by atoms with Gasteiger partial charge in [-0.1, -0.05) is 129 Å². The highest BCUT2D eigenvalue weighted by Crippen LogP contribution is 2.41. The molecular weight excluding hydrogens is 528 g/mol. The summed E-state index contributed by atoms with van der Waals surface area (Å²) in [5.74, 6) is 13.1. The molecule has 3 atom stereocenters. The molecule has 0 bridgehead atoms. The summed E-state index contributed by atoms with van der Waals surface area (Å²) in [5.41, 5.74) is 7.87. The van der Waals surface area contributed by atoms with Gasteiger partial charge >= 0.3 is 0 Å². The monoisotopic (exact) mass is 580 g/mol. The molecule has 2 rings (SSSR count). The molecule has 0 radical (unpaired) electrons. The Balaban J connectivity index is 1.95. The second-order valence-corrected chi connectivity index (χ2v) is 13.4. The van der Waals surface area contributed by atoms with Gasteiger partial charge in [-0.05, 0) is 77.5 Å². The second-order valence-electron chi connectivity index (χ2n) is 13.4. The van der Waals surface area contributed by atoms with Crippen LogP contribution in [0.1, 0.15) is 88.5 Å². The quantitative estimate of drug-likeness (QED) is 0.218. The summed E-state index contributed by atoms with van der Waals surface area (Å²) in [5, 5.41) is 30.4. The number of hydrogen-bond acceptors (Lipinski definition) is 3. The maximum atomic E-state index is 10.2. The Morgan fingerprint density at radius 2 is 1.14 bits per heavy atom. The third kappa shape index (κ3) is 11.3. The molecule has 0 saturated carbocycles. The average Bonchev–Trinajstić information content (AvgIpc) is 2.88. The lowest BCUT2D eigenvalue weighted by Gasteiger charge is -2.37. The first-order chi connectivity index (χ1) is 20.0. The van der Waals surface area contributed by atoms with Crippen LogP contribution in [-0.2, 0) is 0 Å². The summed E-state index contributed by atoms with van der Waals surface area (Å²) in [4.78, 5) is 0. The topological polar surface area (TPSA) is 60.7 Å². The molecule has 3 nitrogen and oxygen atoms in total. The molecule has 0 fully saturated rings. The summed E-state index contributed by atoms with van der Waals surface area (Å²) in [6.45, 7) is 20.5. The van der Waals surface area contributed by atoms with Gasteiger partial charge in [0, 0.05) is 22.0 Å². The summed E-state index contributed by atoms with van der Waals surface area (Å²) >= 11 is 0. The van der Waals surface area contributed by atoms with Crippen molar-refractivity contribution >= 4 is 0 Å². The fourth-order valence-electron chi connectivity index (χ4n) is 5.67. The number of allylic oxidation sites excluding steroid dienone is 16. The minimum atomic E-state index is -0.845. The van der Waals surface area contributed by atoms with Crippen molar-refractivity contribution in [3.05, 3.63) is 105 Å². The number of rotatable bonds is 6. The zero-order valence-electron chi connectivity index (χ0n) is 28.0. The SMILES string of the molecule is CC(C#CC1=C(C)CC(O)CC1(C)C)=CC=CC(C)=CC=CC=C(C)C=CC=C(C)C#CC1=C(C)C(O)C(O)CC1(C)C. The van der Waals surface area contributed by atoms with Crippen LogP contribution in [0.5, 0.6) is 0 Å². The Kier molecular flexibility index (Phi) is 13.3. The van der Waals surface area contributed by atoms with E-state index in [4.69, 9.17) is 0 Å². The van der Waals surface area contributed by atoms with Crippen LogP contribution in [0, 0.1) is 34.5 Å². The summed E-state index contributed by atoms with van der Waals surface area (Å²) in [6.07, 6.45) is 20.5. The van der Waals surface area contributed by atoms with E-state index in [1.54, 1.807) is 0 Å². The molecule has 0 spiro atoms. The van der Waals surface area contributed by atoms with Gasteiger partial charge in [0.2, 0.25) is 0 Å². The van der Waals surface area contributed by atoms with Crippen LogP contribution in [0.2, 0.25) is 0 Å². The summed E-state index contributed by atoms with van der Waals surface area (Å²) < 4.78 is 0. The Hall–Kier alpha value is -3.34. The zero-order chi connectivity index (χ0) is 32.4. The Labute approximate surface area is 261 Å². The fourth-order valence-corrected chi connectivity index (χ4v) is 5.67. The van der Waals surface area contributed by atoms with Crippen LogP contribution in [0.15, 0.2) is 105 Å². The molecule has 0 aliphatic heterocycles. The van der Waals surface area contributed by atoms with Crippen molar-refractivity contribution < 1.29 is 15.3 Å². The third-order valence-corrected chi connectivity index (χ3v) is 8.00. The van der Waals surface area contributed by atoms with Crippen molar-refractivity contribution in [3.8, 4) is 23.7 Å². The predicted octanol–water partition coefficient (Wildman–Crippen LogP) is 8.41. The van der Waals surface area contributed by atoms with Crippen LogP contribution in [0.25, 0.3) is 0 Å². The Bertz CT molecular complexity index is 1440. The van der Waals surface area contributed by atoms with E-state index in [0.29, 0.717) is 12.8 Å². The van der Waals surface area contributed by atoms with Gasteiger partial charge in [0.15, 0.2) is 0 Å². The summed E-state index contributed by atoms with van der Waals surface area (Å²) in [7, 11) is 0. The van der Waals surface area contributed by atoms with Crippen molar-refractivity contribution in [1.82, 2.24) is 0 Å². The van der Waals surface area contributed by atoms with E-state index >= 15 is 0 Å². The highest BCUT2D eigenvalue weighted by molar-refractivity contribution is 5.47. The first kappa shape index (κ1) is 35.9.